The fraction of sp³-hybridized carbons (Fsp3) is 0.588. The van der Waals surface area contributed by atoms with Crippen LogP contribution in [0.25, 0.3) is 0 Å². The summed E-state index contributed by atoms with van der Waals surface area (Å²) >= 11 is 8.54. The van der Waals surface area contributed by atoms with Gasteiger partial charge in [-0.2, -0.15) is 11.8 Å². The van der Waals surface area contributed by atoms with Gasteiger partial charge in [-0.05, 0) is 31.7 Å². The van der Waals surface area contributed by atoms with Gasteiger partial charge in [0, 0.05) is 31.0 Å². The second-order valence-corrected chi connectivity index (χ2v) is 9.04. The van der Waals surface area contributed by atoms with Crippen LogP contribution >= 0.6 is 23.4 Å². The minimum atomic E-state index is -0.174. The zero-order chi connectivity index (χ0) is 18.1. The molecule has 0 saturated carbocycles. The van der Waals surface area contributed by atoms with Crippen molar-refractivity contribution in [2.45, 2.75) is 30.4 Å². The summed E-state index contributed by atoms with van der Waals surface area (Å²) in [5, 5.41) is 12.3. The van der Waals surface area contributed by atoms with Gasteiger partial charge in [-0.25, -0.2) is 4.98 Å². The van der Waals surface area contributed by atoms with Crippen molar-refractivity contribution < 1.29 is 4.74 Å². The van der Waals surface area contributed by atoms with Gasteiger partial charge in [-0.3, -0.25) is 0 Å². The zero-order valence-corrected chi connectivity index (χ0v) is 16.6. The van der Waals surface area contributed by atoms with Gasteiger partial charge in [0.25, 0.3) is 0 Å². The molecule has 0 atom stereocenters. The first-order chi connectivity index (χ1) is 11.9. The Morgan fingerprint density at radius 1 is 1.44 bits per heavy atom. The maximum Gasteiger partial charge on any atom is 0.145 e. The minimum absolute atomic E-state index is 0.108. The van der Waals surface area contributed by atoms with Crippen molar-refractivity contribution in [2.24, 2.45) is 7.05 Å². The molecule has 2 aromatic rings. The highest BCUT2D eigenvalue weighted by molar-refractivity contribution is 7.99. The van der Waals surface area contributed by atoms with E-state index in [1.807, 2.05) is 35.6 Å². The summed E-state index contributed by atoms with van der Waals surface area (Å²) in [6.07, 6.45) is 6.37. The van der Waals surface area contributed by atoms with Gasteiger partial charge in [0.05, 0.1) is 23.7 Å². The molecule has 1 aliphatic rings. The number of aryl methyl sites for hydroxylation is 1. The molecule has 0 radical (unpaired) electrons. The van der Waals surface area contributed by atoms with Crippen LogP contribution in [0.2, 0.25) is 5.02 Å². The molecule has 1 fully saturated rings. The van der Waals surface area contributed by atoms with Gasteiger partial charge < -0.3 is 14.6 Å². The van der Waals surface area contributed by atoms with E-state index in [2.05, 4.69) is 40.6 Å². The highest BCUT2D eigenvalue weighted by atomic mass is 35.5. The van der Waals surface area contributed by atoms with E-state index in [-0.39, 0.29) is 10.2 Å². The van der Waals surface area contributed by atoms with Gasteiger partial charge in [-0.15, -0.1) is 10.2 Å². The molecule has 3 rings (SSSR count). The molecule has 136 valence electrons. The molecule has 6 nitrogen and oxygen atoms in total. The van der Waals surface area contributed by atoms with Crippen LogP contribution in [0.3, 0.4) is 0 Å². The summed E-state index contributed by atoms with van der Waals surface area (Å²) in [6.45, 7) is 6.42. The SMILES string of the molecule is CSC(C)(C)CNc1nccc(C2(Cc3nncn3C)COC2)c1Cl. The number of nitrogens with zero attached hydrogens (tertiary/aromatic N) is 4. The van der Waals surface area contributed by atoms with Crippen molar-refractivity contribution in [1.82, 2.24) is 19.7 Å². The predicted octanol–water partition coefficient (Wildman–Crippen LogP) is 2.93. The molecule has 1 aliphatic heterocycles. The Hall–Kier alpha value is -1.31. The highest BCUT2D eigenvalue weighted by Gasteiger charge is 2.43. The quantitative estimate of drug-likeness (QED) is 0.795. The number of rotatable bonds is 7. The Bertz CT molecular complexity index is 744. The van der Waals surface area contributed by atoms with E-state index in [0.29, 0.717) is 18.2 Å². The molecule has 1 saturated heterocycles. The minimum Gasteiger partial charge on any atom is -0.379 e. The van der Waals surface area contributed by atoms with E-state index in [1.165, 1.54) is 0 Å². The normalized spacial score (nSPS) is 16.5. The number of thioether (sulfide) groups is 1. The van der Waals surface area contributed by atoms with Gasteiger partial charge >= 0.3 is 0 Å². The summed E-state index contributed by atoms with van der Waals surface area (Å²) in [7, 11) is 1.95. The molecule has 1 N–H and O–H groups in total. The highest BCUT2D eigenvalue weighted by Crippen LogP contribution is 2.41. The molecule has 0 unspecified atom stereocenters. The zero-order valence-electron chi connectivity index (χ0n) is 15.0. The Labute approximate surface area is 157 Å². The lowest BCUT2D eigenvalue weighted by Crippen LogP contribution is -2.49. The smallest absolute Gasteiger partial charge is 0.145 e. The molecule has 0 aliphatic carbocycles. The van der Waals surface area contributed by atoms with Crippen molar-refractivity contribution in [3.63, 3.8) is 0 Å². The standard InChI is InChI=1S/C17H24ClN5OS/c1-16(2,25-4)8-20-15-14(18)12(5-6-19-15)17(9-24-10-17)7-13-22-21-11-23(13)3/h5-6,11H,7-10H2,1-4H3,(H,19,20). The average molecular weight is 382 g/mol. The lowest BCUT2D eigenvalue weighted by atomic mass is 9.76. The molecule has 0 spiro atoms. The Morgan fingerprint density at radius 2 is 2.20 bits per heavy atom. The van der Waals surface area contributed by atoms with Crippen LogP contribution in [0.4, 0.5) is 5.82 Å². The monoisotopic (exact) mass is 381 g/mol. The van der Waals surface area contributed by atoms with Gasteiger partial charge in [0.1, 0.15) is 18.0 Å². The number of ether oxygens (including phenoxy) is 1. The number of aromatic nitrogens is 4. The predicted molar refractivity (Wildman–Crippen MR) is 103 cm³/mol. The summed E-state index contributed by atoms with van der Waals surface area (Å²) in [4.78, 5) is 4.44. The number of nitrogens with one attached hydrogen (secondary N) is 1. The summed E-state index contributed by atoms with van der Waals surface area (Å²) < 4.78 is 7.60. The number of halogens is 1. The molecule has 0 aromatic carbocycles. The van der Waals surface area contributed by atoms with Gasteiger partial charge in [0.15, 0.2) is 0 Å². The maximum atomic E-state index is 6.73. The van der Waals surface area contributed by atoms with E-state index < -0.39 is 0 Å². The average Bonchev–Trinajstić information content (AvgIpc) is 2.95. The van der Waals surface area contributed by atoms with Crippen LogP contribution in [0.5, 0.6) is 0 Å². The molecule has 25 heavy (non-hydrogen) atoms. The third-order valence-corrected chi connectivity index (χ3v) is 6.39. The van der Waals surface area contributed by atoms with Crippen LogP contribution in [0, 0.1) is 0 Å². The van der Waals surface area contributed by atoms with Crippen molar-refractivity contribution in [3.8, 4) is 0 Å². The van der Waals surface area contributed by atoms with Crippen LogP contribution in [0.1, 0.15) is 25.2 Å². The van der Waals surface area contributed by atoms with Gasteiger partial charge in [0.2, 0.25) is 0 Å². The lowest BCUT2D eigenvalue weighted by molar-refractivity contribution is -0.0610. The van der Waals surface area contributed by atoms with E-state index in [9.17, 15) is 0 Å². The first kappa shape index (κ1) is 18.5. The van der Waals surface area contributed by atoms with E-state index in [0.717, 1.165) is 30.2 Å². The number of pyridine rings is 1. The van der Waals surface area contributed by atoms with Crippen molar-refractivity contribution in [2.75, 3.05) is 31.3 Å². The number of anilines is 1. The summed E-state index contributed by atoms with van der Waals surface area (Å²) in [5.41, 5.74) is 0.884. The van der Waals surface area contributed by atoms with E-state index in [1.54, 1.807) is 6.33 Å². The van der Waals surface area contributed by atoms with E-state index >= 15 is 0 Å². The topological polar surface area (TPSA) is 64.9 Å². The van der Waals surface area contributed by atoms with Crippen LogP contribution in [0.15, 0.2) is 18.6 Å². The Balaban J connectivity index is 1.86. The van der Waals surface area contributed by atoms with Crippen LogP contribution in [-0.4, -0.2) is 50.5 Å². The maximum absolute atomic E-state index is 6.73. The first-order valence-corrected chi connectivity index (χ1v) is 9.82. The number of hydrogen-bond acceptors (Lipinski definition) is 6. The summed E-state index contributed by atoms with van der Waals surface area (Å²) in [6, 6.07) is 1.99. The largest absolute Gasteiger partial charge is 0.379 e. The second kappa shape index (κ2) is 7.13. The van der Waals surface area contributed by atoms with Crippen molar-refractivity contribution in [3.05, 3.63) is 35.0 Å². The third kappa shape index (κ3) is 3.78. The van der Waals surface area contributed by atoms with Crippen LogP contribution < -0.4 is 5.32 Å². The van der Waals surface area contributed by atoms with Crippen molar-refractivity contribution >= 4 is 29.2 Å². The lowest BCUT2D eigenvalue weighted by Gasteiger charge is -2.42. The molecule has 8 heteroatoms. The van der Waals surface area contributed by atoms with E-state index in [4.69, 9.17) is 16.3 Å². The van der Waals surface area contributed by atoms with Crippen molar-refractivity contribution in [1.29, 1.82) is 0 Å². The fourth-order valence-electron chi connectivity index (χ4n) is 2.82. The third-order valence-electron chi connectivity index (χ3n) is 4.75. The molecule has 3 heterocycles. The molecule has 0 bridgehead atoms. The molecular formula is C17H24ClN5OS. The second-order valence-electron chi connectivity index (χ2n) is 7.15. The first-order valence-electron chi connectivity index (χ1n) is 8.21. The fourth-order valence-corrected chi connectivity index (χ4v) is 3.41. The summed E-state index contributed by atoms with van der Waals surface area (Å²) in [5.74, 6) is 1.65. The molecule has 0 amide bonds. The number of hydrogen-bond donors (Lipinski definition) is 1. The molecule has 2 aromatic heterocycles. The van der Waals surface area contributed by atoms with Gasteiger partial charge in [-0.1, -0.05) is 11.6 Å². The molecular weight excluding hydrogens is 358 g/mol. The van der Waals surface area contributed by atoms with Crippen LogP contribution in [-0.2, 0) is 23.6 Å². The Morgan fingerprint density at radius 3 is 2.76 bits per heavy atom. The Kier molecular flexibility index (Phi) is 5.27.